The predicted molar refractivity (Wildman–Crippen MR) is 74.3 cm³/mol. The highest BCUT2D eigenvalue weighted by molar-refractivity contribution is 5.95. The topological polar surface area (TPSA) is 68.2 Å². The number of carbonyl (C=O) groups is 1. The molecule has 6 heteroatoms. The van der Waals surface area contributed by atoms with Crippen molar-refractivity contribution in [2.75, 3.05) is 11.9 Å². The Hall–Kier alpha value is -2.34. The van der Waals surface area contributed by atoms with E-state index in [1.54, 1.807) is 4.68 Å². The molecule has 0 saturated heterocycles. The molecule has 104 valence electrons. The second-order valence-corrected chi connectivity index (χ2v) is 4.75. The average molecular weight is 272 g/mol. The van der Waals surface area contributed by atoms with Gasteiger partial charge < -0.3 is 15.4 Å². The summed E-state index contributed by atoms with van der Waals surface area (Å²) in [6.45, 7) is 1.50. The van der Waals surface area contributed by atoms with Crippen LogP contribution in [-0.4, -0.2) is 22.3 Å². The van der Waals surface area contributed by atoms with E-state index in [1.807, 2.05) is 37.5 Å². The van der Waals surface area contributed by atoms with Gasteiger partial charge in [-0.2, -0.15) is 5.10 Å². The highest BCUT2D eigenvalue weighted by atomic mass is 16.5. The van der Waals surface area contributed by atoms with Gasteiger partial charge in [-0.15, -0.1) is 0 Å². The SMILES string of the molecule is Cn1ccc(CNCc2ccc3c(c2)NC(=O)CO3)n1. The molecule has 20 heavy (non-hydrogen) atoms. The van der Waals surface area contributed by atoms with Crippen LogP contribution in [0.1, 0.15) is 11.3 Å². The molecule has 1 aliphatic rings. The molecule has 6 nitrogen and oxygen atoms in total. The fraction of sp³-hybridized carbons (Fsp3) is 0.286. The Morgan fingerprint density at radius 3 is 3.10 bits per heavy atom. The summed E-state index contributed by atoms with van der Waals surface area (Å²) in [5.74, 6) is 0.606. The number of anilines is 1. The first-order chi connectivity index (χ1) is 9.70. The summed E-state index contributed by atoms with van der Waals surface area (Å²) >= 11 is 0. The standard InChI is InChI=1S/C14H16N4O2/c1-18-5-4-11(17-18)8-15-7-10-2-3-13-12(6-10)16-14(19)9-20-13/h2-6,15H,7-9H2,1H3,(H,16,19). The maximum absolute atomic E-state index is 11.3. The van der Waals surface area contributed by atoms with Gasteiger partial charge in [0.2, 0.25) is 0 Å². The molecule has 0 unspecified atom stereocenters. The Morgan fingerprint density at radius 1 is 1.40 bits per heavy atom. The molecule has 0 radical (unpaired) electrons. The molecule has 0 aliphatic carbocycles. The van der Waals surface area contributed by atoms with E-state index in [9.17, 15) is 4.79 Å². The molecule has 1 aromatic heterocycles. The summed E-state index contributed by atoms with van der Waals surface area (Å²) in [7, 11) is 1.90. The molecule has 1 aliphatic heterocycles. The molecule has 0 bridgehead atoms. The summed E-state index contributed by atoms with van der Waals surface area (Å²) in [5.41, 5.74) is 2.82. The number of nitrogens with one attached hydrogen (secondary N) is 2. The molecule has 2 aromatic rings. The number of aryl methyl sites for hydroxylation is 1. The van der Waals surface area contributed by atoms with E-state index in [1.165, 1.54) is 0 Å². The van der Waals surface area contributed by atoms with Crippen LogP contribution in [0, 0.1) is 0 Å². The quantitative estimate of drug-likeness (QED) is 0.872. The summed E-state index contributed by atoms with van der Waals surface area (Å²) in [6.07, 6.45) is 1.92. The number of carbonyl (C=O) groups excluding carboxylic acids is 1. The summed E-state index contributed by atoms with van der Waals surface area (Å²) in [4.78, 5) is 11.3. The summed E-state index contributed by atoms with van der Waals surface area (Å²) < 4.78 is 7.10. The van der Waals surface area contributed by atoms with Crippen LogP contribution in [0.25, 0.3) is 0 Å². The third-order valence-electron chi connectivity index (χ3n) is 3.08. The molecule has 0 spiro atoms. The lowest BCUT2D eigenvalue weighted by molar-refractivity contribution is -0.118. The van der Waals surface area contributed by atoms with Gasteiger partial charge in [0.05, 0.1) is 11.4 Å². The number of amides is 1. The number of rotatable bonds is 4. The van der Waals surface area contributed by atoms with E-state index >= 15 is 0 Å². The Labute approximate surface area is 116 Å². The Balaban J connectivity index is 1.60. The number of hydrogen-bond acceptors (Lipinski definition) is 4. The number of nitrogens with zero attached hydrogens (tertiary/aromatic N) is 2. The maximum atomic E-state index is 11.3. The van der Waals surface area contributed by atoms with Gasteiger partial charge in [0.25, 0.3) is 5.91 Å². The summed E-state index contributed by atoms with van der Waals surface area (Å²) in [5, 5.41) is 10.4. The van der Waals surface area contributed by atoms with Crippen LogP contribution in [0.4, 0.5) is 5.69 Å². The van der Waals surface area contributed by atoms with Crippen LogP contribution in [0.3, 0.4) is 0 Å². The molecule has 3 rings (SSSR count). The van der Waals surface area contributed by atoms with Crippen molar-refractivity contribution in [2.45, 2.75) is 13.1 Å². The minimum absolute atomic E-state index is 0.0876. The minimum atomic E-state index is -0.115. The fourth-order valence-corrected chi connectivity index (χ4v) is 2.13. The van der Waals surface area contributed by atoms with Crippen molar-refractivity contribution in [3.8, 4) is 5.75 Å². The maximum Gasteiger partial charge on any atom is 0.262 e. The number of benzene rings is 1. The predicted octanol–water partition coefficient (Wildman–Crippen LogP) is 1.04. The monoisotopic (exact) mass is 272 g/mol. The first kappa shape index (κ1) is 12.7. The van der Waals surface area contributed by atoms with Crippen molar-refractivity contribution in [1.29, 1.82) is 0 Å². The number of hydrogen-bond donors (Lipinski definition) is 2. The van der Waals surface area contributed by atoms with E-state index in [-0.39, 0.29) is 12.5 Å². The largest absolute Gasteiger partial charge is 0.482 e. The number of aromatic nitrogens is 2. The normalized spacial score (nSPS) is 13.6. The van der Waals surface area contributed by atoms with Gasteiger partial charge in [-0.25, -0.2) is 0 Å². The van der Waals surface area contributed by atoms with E-state index in [0.717, 1.165) is 22.7 Å². The first-order valence-corrected chi connectivity index (χ1v) is 6.45. The van der Waals surface area contributed by atoms with Crippen molar-refractivity contribution in [2.24, 2.45) is 7.05 Å². The van der Waals surface area contributed by atoms with Crippen LogP contribution in [0.2, 0.25) is 0 Å². The van der Waals surface area contributed by atoms with Gasteiger partial charge >= 0.3 is 0 Å². The van der Waals surface area contributed by atoms with Gasteiger partial charge in [0, 0.05) is 26.3 Å². The van der Waals surface area contributed by atoms with Crippen molar-refractivity contribution in [3.63, 3.8) is 0 Å². The number of fused-ring (bicyclic) bond motifs is 1. The highest BCUT2D eigenvalue weighted by Gasteiger charge is 2.15. The molecular weight excluding hydrogens is 256 g/mol. The van der Waals surface area contributed by atoms with Crippen LogP contribution >= 0.6 is 0 Å². The van der Waals surface area contributed by atoms with Gasteiger partial charge in [-0.1, -0.05) is 6.07 Å². The molecular formula is C14H16N4O2. The van der Waals surface area contributed by atoms with E-state index < -0.39 is 0 Å². The lowest BCUT2D eigenvalue weighted by Gasteiger charge is -2.18. The molecule has 0 fully saturated rings. The third-order valence-corrected chi connectivity index (χ3v) is 3.08. The molecule has 1 amide bonds. The van der Waals surface area contributed by atoms with Gasteiger partial charge in [-0.05, 0) is 23.8 Å². The zero-order valence-corrected chi connectivity index (χ0v) is 11.2. The van der Waals surface area contributed by atoms with Gasteiger partial charge in [0.1, 0.15) is 5.75 Å². The van der Waals surface area contributed by atoms with Crippen LogP contribution < -0.4 is 15.4 Å². The lowest BCUT2D eigenvalue weighted by Crippen LogP contribution is -2.25. The molecule has 0 atom stereocenters. The first-order valence-electron chi connectivity index (χ1n) is 6.45. The zero-order valence-electron chi connectivity index (χ0n) is 11.2. The third kappa shape index (κ3) is 2.80. The molecule has 2 N–H and O–H groups in total. The van der Waals surface area contributed by atoms with Crippen molar-refractivity contribution in [3.05, 3.63) is 41.7 Å². The highest BCUT2D eigenvalue weighted by Crippen LogP contribution is 2.28. The fourth-order valence-electron chi connectivity index (χ4n) is 2.13. The zero-order chi connectivity index (χ0) is 13.9. The van der Waals surface area contributed by atoms with E-state index in [0.29, 0.717) is 13.1 Å². The van der Waals surface area contributed by atoms with Crippen molar-refractivity contribution in [1.82, 2.24) is 15.1 Å². The van der Waals surface area contributed by atoms with Gasteiger partial charge in [0.15, 0.2) is 6.61 Å². The van der Waals surface area contributed by atoms with Crippen LogP contribution in [0.5, 0.6) is 5.75 Å². The van der Waals surface area contributed by atoms with Gasteiger partial charge in [-0.3, -0.25) is 9.48 Å². The lowest BCUT2D eigenvalue weighted by atomic mass is 10.1. The second kappa shape index (κ2) is 5.34. The van der Waals surface area contributed by atoms with Crippen LogP contribution in [0.15, 0.2) is 30.5 Å². The molecule has 1 aromatic carbocycles. The molecule has 0 saturated carbocycles. The van der Waals surface area contributed by atoms with Crippen molar-refractivity contribution < 1.29 is 9.53 Å². The Bertz CT molecular complexity index is 636. The summed E-state index contributed by atoms with van der Waals surface area (Å²) in [6, 6.07) is 7.78. The van der Waals surface area contributed by atoms with E-state index in [4.69, 9.17) is 4.74 Å². The van der Waals surface area contributed by atoms with Crippen LogP contribution in [-0.2, 0) is 24.9 Å². The number of ether oxygens (including phenoxy) is 1. The van der Waals surface area contributed by atoms with Crippen molar-refractivity contribution >= 4 is 11.6 Å². The van der Waals surface area contributed by atoms with E-state index in [2.05, 4.69) is 15.7 Å². The Morgan fingerprint density at radius 2 is 2.30 bits per heavy atom. The average Bonchev–Trinajstić information content (AvgIpc) is 2.84. The smallest absolute Gasteiger partial charge is 0.262 e. The minimum Gasteiger partial charge on any atom is -0.482 e. The second-order valence-electron chi connectivity index (χ2n) is 4.75. The Kier molecular flexibility index (Phi) is 3.39. The molecule has 2 heterocycles.